The van der Waals surface area contributed by atoms with E-state index in [2.05, 4.69) is 17.2 Å². The van der Waals surface area contributed by atoms with Gasteiger partial charge in [0, 0.05) is 16.0 Å². The minimum absolute atomic E-state index is 0.146. The van der Waals surface area contributed by atoms with Crippen LogP contribution in [0.4, 0.5) is 0 Å². The van der Waals surface area contributed by atoms with Crippen molar-refractivity contribution in [3.8, 4) is 17.6 Å². The minimum Gasteiger partial charge on any atom is -0.497 e. The Labute approximate surface area is 127 Å². The van der Waals surface area contributed by atoms with Crippen molar-refractivity contribution in [3.63, 3.8) is 0 Å². The van der Waals surface area contributed by atoms with Crippen LogP contribution >= 0.6 is 11.3 Å². The molecule has 0 aliphatic heterocycles. The Bertz CT molecular complexity index is 665. The standard InChI is InChI=1S/C16H15NO3S/c1-20-14-6-4-13(5-7-14)16(19)17-11-15-12(3-2-9-18)8-10-21-15/h4-8,10,18H,9,11H2,1H3,(H,17,19). The largest absolute Gasteiger partial charge is 0.497 e. The molecule has 0 atom stereocenters. The summed E-state index contributed by atoms with van der Waals surface area (Å²) < 4.78 is 5.06. The van der Waals surface area contributed by atoms with Gasteiger partial charge in [0.2, 0.25) is 0 Å². The number of aliphatic hydroxyl groups is 1. The summed E-state index contributed by atoms with van der Waals surface area (Å²) in [6.07, 6.45) is 0. The first-order valence-electron chi connectivity index (χ1n) is 6.33. The Balaban J connectivity index is 1.99. The molecule has 2 rings (SSSR count). The smallest absolute Gasteiger partial charge is 0.251 e. The molecule has 0 unspecified atom stereocenters. The normalized spacial score (nSPS) is 9.62. The lowest BCUT2D eigenvalue weighted by Crippen LogP contribution is -2.22. The molecule has 21 heavy (non-hydrogen) atoms. The lowest BCUT2D eigenvalue weighted by molar-refractivity contribution is 0.0951. The van der Waals surface area contributed by atoms with Gasteiger partial charge in [-0.3, -0.25) is 4.79 Å². The van der Waals surface area contributed by atoms with Crippen LogP contribution in [0, 0.1) is 11.8 Å². The Hall–Kier alpha value is -2.29. The number of carbonyl (C=O) groups is 1. The quantitative estimate of drug-likeness (QED) is 0.850. The fourth-order valence-corrected chi connectivity index (χ4v) is 2.50. The molecule has 4 nitrogen and oxygen atoms in total. The predicted octanol–water partition coefficient (Wildman–Crippen LogP) is 2.03. The summed E-state index contributed by atoms with van der Waals surface area (Å²) in [7, 11) is 1.58. The SMILES string of the molecule is COc1ccc(C(=O)NCc2sccc2C#CCO)cc1. The molecule has 1 heterocycles. The third kappa shape index (κ3) is 4.09. The molecule has 0 radical (unpaired) electrons. The first kappa shape index (κ1) is 15.1. The first-order chi connectivity index (χ1) is 10.2. The summed E-state index contributed by atoms with van der Waals surface area (Å²) in [5.74, 6) is 6.04. The van der Waals surface area contributed by atoms with Gasteiger partial charge in [0.1, 0.15) is 12.4 Å². The van der Waals surface area contributed by atoms with Crippen molar-refractivity contribution in [2.75, 3.05) is 13.7 Å². The van der Waals surface area contributed by atoms with E-state index in [1.807, 2.05) is 11.4 Å². The molecule has 0 fully saturated rings. The lowest BCUT2D eigenvalue weighted by Gasteiger charge is -2.05. The average Bonchev–Trinajstić information content (AvgIpc) is 2.98. The summed E-state index contributed by atoms with van der Waals surface area (Å²) in [6.45, 7) is 0.242. The molecule has 108 valence electrons. The van der Waals surface area contributed by atoms with Crippen molar-refractivity contribution in [1.82, 2.24) is 5.32 Å². The van der Waals surface area contributed by atoms with Gasteiger partial charge in [-0.25, -0.2) is 0 Å². The molecule has 0 aliphatic rings. The molecule has 2 N–H and O–H groups in total. The summed E-state index contributed by atoms with van der Waals surface area (Å²) in [6, 6.07) is 8.81. The fourth-order valence-electron chi connectivity index (χ4n) is 1.73. The Morgan fingerprint density at radius 2 is 2.10 bits per heavy atom. The molecule has 0 spiro atoms. The van der Waals surface area contributed by atoms with E-state index in [-0.39, 0.29) is 12.5 Å². The number of hydrogen-bond donors (Lipinski definition) is 2. The molecule has 1 amide bonds. The van der Waals surface area contributed by atoms with E-state index < -0.39 is 0 Å². The number of aliphatic hydroxyl groups excluding tert-OH is 1. The van der Waals surface area contributed by atoms with E-state index in [1.165, 1.54) is 11.3 Å². The predicted molar refractivity (Wildman–Crippen MR) is 82.4 cm³/mol. The minimum atomic E-state index is -0.173. The number of carbonyl (C=O) groups excluding carboxylic acids is 1. The average molecular weight is 301 g/mol. The Morgan fingerprint density at radius 1 is 1.33 bits per heavy atom. The second-order valence-corrected chi connectivity index (χ2v) is 5.13. The summed E-state index contributed by atoms with van der Waals surface area (Å²) in [4.78, 5) is 13.0. The highest BCUT2D eigenvalue weighted by molar-refractivity contribution is 7.10. The third-order valence-corrected chi connectivity index (χ3v) is 3.73. The van der Waals surface area contributed by atoms with Crippen molar-refractivity contribution < 1.29 is 14.6 Å². The van der Waals surface area contributed by atoms with Gasteiger partial charge in [0.05, 0.1) is 13.7 Å². The van der Waals surface area contributed by atoms with Crippen LogP contribution in [-0.2, 0) is 6.54 Å². The van der Waals surface area contributed by atoms with E-state index in [1.54, 1.807) is 31.4 Å². The van der Waals surface area contributed by atoms with Crippen LogP contribution in [0.2, 0.25) is 0 Å². The van der Waals surface area contributed by atoms with E-state index in [0.717, 1.165) is 10.4 Å². The number of nitrogens with one attached hydrogen (secondary N) is 1. The molecule has 1 aromatic heterocycles. The zero-order chi connectivity index (χ0) is 15.1. The van der Waals surface area contributed by atoms with Crippen LogP contribution in [0.3, 0.4) is 0 Å². The highest BCUT2D eigenvalue weighted by Gasteiger charge is 2.07. The van der Waals surface area contributed by atoms with Crippen LogP contribution in [0.15, 0.2) is 35.7 Å². The summed E-state index contributed by atoms with van der Waals surface area (Å²) >= 11 is 1.52. The molecule has 2 aromatic rings. The zero-order valence-corrected chi connectivity index (χ0v) is 12.4. The van der Waals surface area contributed by atoms with E-state index in [0.29, 0.717) is 17.9 Å². The van der Waals surface area contributed by atoms with Gasteiger partial charge < -0.3 is 15.2 Å². The molecule has 0 aliphatic carbocycles. The van der Waals surface area contributed by atoms with Gasteiger partial charge in [0.15, 0.2) is 0 Å². The maximum atomic E-state index is 12.0. The van der Waals surface area contributed by atoms with Gasteiger partial charge in [-0.05, 0) is 35.7 Å². The topological polar surface area (TPSA) is 58.6 Å². The maximum Gasteiger partial charge on any atom is 0.251 e. The maximum absolute atomic E-state index is 12.0. The van der Waals surface area contributed by atoms with Gasteiger partial charge in [-0.15, -0.1) is 11.3 Å². The number of rotatable bonds is 4. The number of benzene rings is 1. The number of methoxy groups -OCH3 is 1. The summed E-state index contributed by atoms with van der Waals surface area (Å²) in [5.41, 5.74) is 1.42. The van der Waals surface area contributed by atoms with Crippen LogP contribution in [0.25, 0.3) is 0 Å². The Morgan fingerprint density at radius 3 is 2.76 bits per heavy atom. The fraction of sp³-hybridized carbons (Fsp3) is 0.188. The third-order valence-electron chi connectivity index (χ3n) is 2.81. The molecule has 0 bridgehead atoms. The van der Waals surface area contributed by atoms with Crippen LogP contribution in [-0.4, -0.2) is 24.7 Å². The van der Waals surface area contributed by atoms with Crippen LogP contribution in [0.5, 0.6) is 5.75 Å². The molecule has 0 saturated heterocycles. The zero-order valence-electron chi connectivity index (χ0n) is 11.6. The van der Waals surface area contributed by atoms with E-state index in [4.69, 9.17) is 9.84 Å². The highest BCUT2D eigenvalue weighted by atomic mass is 32.1. The molecular formula is C16H15NO3S. The van der Waals surface area contributed by atoms with Gasteiger partial charge in [-0.1, -0.05) is 11.8 Å². The van der Waals surface area contributed by atoms with Crippen molar-refractivity contribution >= 4 is 17.2 Å². The Kier molecular flexibility index (Phi) is 5.38. The van der Waals surface area contributed by atoms with Crippen molar-refractivity contribution in [3.05, 3.63) is 51.7 Å². The van der Waals surface area contributed by atoms with Gasteiger partial charge in [0.25, 0.3) is 5.91 Å². The second kappa shape index (κ2) is 7.48. The molecular weight excluding hydrogens is 286 g/mol. The summed E-state index contributed by atoms with van der Waals surface area (Å²) in [5, 5.41) is 13.5. The monoisotopic (exact) mass is 301 g/mol. The van der Waals surface area contributed by atoms with Gasteiger partial charge in [-0.2, -0.15) is 0 Å². The second-order valence-electron chi connectivity index (χ2n) is 4.13. The molecule has 1 aromatic carbocycles. The van der Waals surface area contributed by atoms with E-state index in [9.17, 15) is 4.79 Å². The van der Waals surface area contributed by atoms with Crippen molar-refractivity contribution in [1.29, 1.82) is 0 Å². The highest BCUT2D eigenvalue weighted by Crippen LogP contribution is 2.16. The number of hydrogen-bond acceptors (Lipinski definition) is 4. The number of thiophene rings is 1. The first-order valence-corrected chi connectivity index (χ1v) is 7.21. The molecule has 0 saturated carbocycles. The number of amides is 1. The lowest BCUT2D eigenvalue weighted by atomic mass is 10.2. The van der Waals surface area contributed by atoms with E-state index >= 15 is 0 Å². The van der Waals surface area contributed by atoms with Crippen LogP contribution < -0.4 is 10.1 Å². The van der Waals surface area contributed by atoms with Crippen LogP contribution in [0.1, 0.15) is 20.8 Å². The van der Waals surface area contributed by atoms with Crippen molar-refractivity contribution in [2.45, 2.75) is 6.54 Å². The van der Waals surface area contributed by atoms with Crippen molar-refractivity contribution in [2.24, 2.45) is 0 Å². The molecule has 5 heteroatoms. The van der Waals surface area contributed by atoms with Gasteiger partial charge >= 0.3 is 0 Å². The number of ether oxygens (including phenoxy) is 1.